The van der Waals surface area contributed by atoms with Crippen LogP contribution in [0.1, 0.15) is 0 Å². The van der Waals surface area contributed by atoms with Crippen molar-refractivity contribution in [2.45, 2.75) is 3.79 Å². The highest BCUT2D eigenvalue weighted by Crippen LogP contribution is 2.30. The number of alkyl halides is 3. The molecule has 0 aromatic carbocycles. The maximum absolute atomic E-state index is 10.2. The molecule has 0 aliphatic rings. The Balaban J connectivity index is 3.82. The second kappa shape index (κ2) is 3.13. The van der Waals surface area contributed by atoms with Gasteiger partial charge in [0.05, 0.1) is 12.0 Å². The molecule has 2 nitrogen and oxygen atoms in total. The van der Waals surface area contributed by atoms with Crippen LogP contribution < -0.4 is 0 Å². The average molecular weight is 195 g/mol. The fraction of sp³-hybridized carbons (Fsp3) is 0.500. The Morgan fingerprint density at radius 1 is 1.50 bits per heavy atom. The van der Waals surface area contributed by atoms with Crippen LogP contribution in [-0.2, 0) is 4.79 Å². The van der Waals surface area contributed by atoms with Gasteiger partial charge in [-0.3, -0.25) is 4.79 Å². The molecule has 0 aromatic rings. The lowest BCUT2D eigenvalue weighted by Gasteiger charge is -2.02. The van der Waals surface area contributed by atoms with Crippen molar-refractivity contribution in [3.05, 3.63) is 0 Å². The van der Waals surface area contributed by atoms with Crippen molar-refractivity contribution in [2.24, 2.45) is 0 Å². The summed E-state index contributed by atoms with van der Waals surface area (Å²) in [6, 6.07) is 0. The van der Waals surface area contributed by atoms with Crippen LogP contribution in [0.4, 0.5) is 0 Å². The fourth-order valence-electron chi connectivity index (χ4n) is 0.0518. The van der Waals surface area contributed by atoms with Crippen molar-refractivity contribution in [1.29, 1.82) is 0 Å². The minimum absolute atomic E-state index is 0.103. The highest BCUT2D eigenvalue weighted by atomic mass is 35.6. The third-order valence-corrected chi connectivity index (χ3v) is 1.64. The van der Waals surface area contributed by atoms with E-state index in [0.717, 1.165) is 0 Å². The minimum atomic E-state index is -2.00. The van der Waals surface area contributed by atoms with Crippen molar-refractivity contribution in [1.82, 2.24) is 0 Å². The zero-order chi connectivity index (χ0) is 6.78. The van der Waals surface area contributed by atoms with Gasteiger partial charge in [0.1, 0.15) is 0 Å². The van der Waals surface area contributed by atoms with Crippen molar-refractivity contribution < 1.29 is 9.35 Å². The largest absolute Gasteiger partial charge is 0.323 e. The quantitative estimate of drug-likeness (QED) is 0.475. The lowest BCUT2D eigenvalue weighted by atomic mass is 10.9. The summed E-state index contributed by atoms with van der Waals surface area (Å²) >= 11 is 14.8. The van der Waals surface area contributed by atoms with Gasteiger partial charge in [-0.2, -0.15) is 0 Å². The maximum atomic E-state index is 10.2. The van der Waals surface area contributed by atoms with Crippen LogP contribution in [0, 0.1) is 0 Å². The van der Waals surface area contributed by atoms with Crippen molar-refractivity contribution in [3.63, 3.8) is 0 Å². The Morgan fingerprint density at radius 2 is 1.88 bits per heavy atom. The molecule has 0 fully saturated rings. The Morgan fingerprint density at radius 3 is 1.88 bits per heavy atom. The predicted octanol–water partition coefficient (Wildman–Crippen LogP) is 2.09. The molecule has 0 bridgehead atoms. The Labute approximate surface area is 65.3 Å². The third kappa shape index (κ3) is 2.99. The number of hydrogen-bond acceptors (Lipinski definition) is 3. The predicted molar refractivity (Wildman–Crippen MR) is 35.5 cm³/mol. The summed E-state index contributed by atoms with van der Waals surface area (Å²) in [7, 11) is 0. The highest BCUT2D eigenvalue weighted by Gasteiger charge is 2.30. The van der Waals surface area contributed by atoms with E-state index in [1.54, 1.807) is 0 Å². The second-order valence-corrected chi connectivity index (χ2v) is 3.71. The molecule has 0 atom stereocenters. The molecular formula is C2HCl3O2S. The van der Waals surface area contributed by atoms with E-state index in [2.05, 4.69) is 0 Å². The SMILES string of the molecule is O=C(SO)C(Cl)(Cl)Cl. The maximum Gasteiger partial charge on any atom is 0.266 e. The fourth-order valence-corrected chi connectivity index (χ4v) is 0.466. The Hall–Kier alpha value is 0.850. The summed E-state index contributed by atoms with van der Waals surface area (Å²) in [6.07, 6.45) is 0. The molecule has 0 aliphatic heterocycles. The average Bonchev–Trinajstić information content (AvgIpc) is 1.62. The molecule has 0 aromatic heterocycles. The van der Waals surface area contributed by atoms with E-state index >= 15 is 0 Å². The van der Waals surface area contributed by atoms with Gasteiger partial charge in [0.15, 0.2) is 0 Å². The molecule has 0 rings (SSSR count). The summed E-state index contributed by atoms with van der Waals surface area (Å²) in [6.45, 7) is 0. The van der Waals surface area contributed by atoms with Gasteiger partial charge in [-0.25, -0.2) is 0 Å². The minimum Gasteiger partial charge on any atom is -0.323 e. The van der Waals surface area contributed by atoms with E-state index in [1.807, 2.05) is 0 Å². The first-order valence-corrected chi connectivity index (χ1v) is 3.32. The first-order valence-electron chi connectivity index (χ1n) is 1.41. The number of halogens is 3. The normalized spacial score (nSPS) is 11.5. The van der Waals surface area contributed by atoms with E-state index in [-0.39, 0.29) is 12.0 Å². The first kappa shape index (κ1) is 8.85. The number of carbonyl (C=O) groups is 1. The smallest absolute Gasteiger partial charge is 0.266 e. The van der Waals surface area contributed by atoms with E-state index in [1.165, 1.54) is 0 Å². The van der Waals surface area contributed by atoms with Gasteiger partial charge in [0.25, 0.3) is 8.91 Å². The zero-order valence-electron chi connectivity index (χ0n) is 3.40. The molecular weight excluding hydrogens is 194 g/mol. The lowest BCUT2D eigenvalue weighted by Crippen LogP contribution is -2.13. The highest BCUT2D eigenvalue weighted by molar-refractivity contribution is 8.09. The molecule has 0 aliphatic carbocycles. The number of rotatable bonds is 0. The first-order chi connectivity index (χ1) is 3.48. The molecule has 8 heavy (non-hydrogen) atoms. The van der Waals surface area contributed by atoms with Crippen LogP contribution >= 0.6 is 46.8 Å². The topological polar surface area (TPSA) is 37.3 Å². The second-order valence-electron chi connectivity index (χ2n) is 0.877. The van der Waals surface area contributed by atoms with E-state index in [9.17, 15) is 4.79 Å². The van der Waals surface area contributed by atoms with Crippen molar-refractivity contribution in [3.8, 4) is 0 Å². The molecule has 0 saturated carbocycles. The van der Waals surface area contributed by atoms with Gasteiger partial charge in [0.2, 0.25) is 0 Å². The van der Waals surface area contributed by atoms with E-state index in [0.29, 0.717) is 0 Å². The van der Waals surface area contributed by atoms with E-state index in [4.69, 9.17) is 39.4 Å². The molecule has 0 radical (unpaired) electrons. The van der Waals surface area contributed by atoms with Gasteiger partial charge in [0, 0.05) is 0 Å². The molecule has 6 heteroatoms. The van der Waals surface area contributed by atoms with Gasteiger partial charge in [-0.1, -0.05) is 34.8 Å². The van der Waals surface area contributed by atoms with Crippen molar-refractivity contribution >= 4 is 52.0 Å². The number of carbonyl (C=O) groups excluding carboxylic acids is 1. The zero-order valence-corrected chi connectivity index (χ0v) is 6.48. The Bertz CT molecular complexity index is 97.9. The summed E-state index contributed by atoms with van der Waals surface area (Å²) in [4.78, 5) is 10.2. The van der Waals surface area contributed by atoms with Gasteiger partial charge < -0.3 is 4.55 Å². The molecule has 48 valence electrons. The van der Waals surface area contributed by atoms with Crippen LogP contribution in [0.15, 0.2) is 0 Å². The molecule has 0 saturated heterocycles. The monoisotopic (exact) mass is 194 g/mol. The summed E-state index contributed by atoms with van der Waals surface area (Å²) in [5, 5.41) is -0.900. The number of hydrogen-bond donors (Lipinski definition) is 1. The molecule has 0 unspecified atom stereocenters. The third-order valence-electron chi connectivity index (χ3n) is 0.314. The van der Waals surface area contributed by atoms with Crippen LogP contribution in [0.5, 0.6) is 0 Å². The molecule has 1 N–H and O–H groups in total. The Kier molecular flexibility index (Phi) is 3.46. The molecule has 0 amide bonds. The van der Waals surface area contributed by atoms with Gasteiger partial charge in [-0.15, -0.1) is 0 Å². The van der Waals surface area contributed by atoms with Crippen LogP contribution in [0.25, 0.3) is 0 Å². The molecule has 0 spiro atoms. The van der Waals surface area contributed by atoms with Gasteiger partial charge in [-0.05, 0) is 0 Å². The standard InChI is InChI=1S/C2HCl3O2S/c3-2(4,5)1(6)8-7/h7H. The summed E-state index contributed by atoms with van der Waals surface area (Å²) in [5.41, 5.74) is 0. The van der Waals surface area contributed by atoms with E-state index < -0.39 is 8.91 Å². The summed E-state index contributed by atoms with van der Waals surface area (Å²) < 4.78 is 5.98. The summed E-state index contributed by atoms with van der Waals surface area (Å²) in [5.74, 6) is 0. The van der Waals surface area contributed by atoms with Crippen LogP contribution in [0.2, 0.25) is 0 Å². The van der Waals surface area contributed by atoms with Crippen LogP contribution in [0.3, 0.4) is 0 Å². The lowest BCUT2D eigenvalue weighted by molar-refractivity contribution is -0.110. The van der Waals surface area contributed by atoms with Gasteiger partial charge >= 0.3 is 0 Å². The molecule has 0 heterocycles. The van der Waals surface area contributed by atoms with Crippen LogP contribution in [-0.4, -0.2) is 13.5 Å². The van der Waals surface area contributed by atoms with Crippen molar-refractivity contribution in [2.75, 3.05) is 0 Å².